The molecule has 0 spiro atoms. The van der Waals surface area contributed by atoms with Crippen LogP contribution in [-0.4, -0.2) is 23.8 Å². The Kier molecular flexibility index (Phi) is 5.78. The lowest BCUT2D eigenvalue weighted by Gasteiger charge is -2.10. The summed E-state index contributed by atoms with van der Waals surface area (Å²) in [5.74, 6) is 0.973. The number of amides is 1. The lowest BCUT2D eigenvalue weighted by atomic mass is 10.1. The van der Waals surface area contributed by atoms with Gasteiger partial charge in [-0.2, -0.15) is 0 Å². The molecule has 5 heteroatoms. The molecule has 3 aromatic rings. The van der Waals surface area contributed by atoms with Gasteiger partial charge in [0.05, 0.1) is 18.4 Å². The third-order valence-electron chi connectivity index (χ3n) is 4.09. The Hall–Kier alpha value is -2.53. The lowest BCUT2D eigenvalue weighted by molar-refractivity contribution is -0.113. The summed E-state index contributed by atoms with van der Waals surface area (Å²) in [5, 5.41) is 4.96. The summed E-state index contributed by atoms with van der Waals surface area (Å²) in [6, 6.07) is 15.8. The zero-order valence-corrected chi connectivity index (χ0v) is 16.0. The van der Waals surface area contributed by atoms with E-state index in [4.69, 9.17) is 9.72 Å². The van der Waals surface area contributed by atoms with Crippen LogP contribution in [0.5, 0.6) is 5.75 Å². The Morgan fingerprint density at radius 2 is 2.04 bits per heavy atom. The van der Waals surface area contributed by atoms with Crippen LogP contribution < -0.4 is 10.1 Å². The van der Waals surface area contributed by atoms with Gasteiger partial charge in [0.1, 0.15) is 10.8 Å². The highest BCUT2D eigenvalue weighted by Gasteiger charge is 2.10. The quantitative estimate of drug-likeness (QED) is 0.634. The monoisotopic (exact) mass is 366 g/mol. The molecule has 26 heavy (non-hydrogen) atoms. The number of pyridine rings is 1. The molecule has 0 aliphatic carbocycles. The summed E-state index contributed by atoms with van der Waals surface area (Å²) in [5.41, 5.74) is 4.05. The van der Waals surface area contributed by atoms with E-state index in [0.29, 0.717) is 5.75 Å². The number of ether oxygens (including phenoxy) is 1. The number of carbonyl (C=O) groups excluding carboxylic acids is 1. The standard InChI is InChI=1S/C21H22N2O2S/c1-4-15-11-16-9-8-14(2)10-19(16)23-21(15)26-13-20(24)22-17-6-5-7-18(12-17)25-3/h5-12H,4,13H2,1-3H3,(H,22,24). The number of hydrogen-bond acceptors (Lipinski definition) is 4. The number of nitrogens with one attached hydrogen (secondary N) is 1. The predicted octanol–water partition coefficient (Wildman–Crippen LogP) is 4.85. The number of benzene rings is 2. The van der Waals surface area contributed by atoms with E-state index >= 15 is 0 Å². The van der Waals surface area contributed by atoms with Crippen molar-refractivity contribution in [1.82, 2.24) is 4.98 Å². The summed E-state index contributed by atoms with van der Waals surface area (Å²) in [6.45, 7) is 4.17. The molecule has 0 bridgehead atoms. The van der Waals surface area contributed by atoms with Crippen LogP contribution >= 0.6 is 11.8 Å². The number of anilines is 1. The van der Waals surface area contributed by atoms with Crippen molar-refractivity contribution >= 4 is 34.3 Å². The molecule has 0 aliphatic rings. The number of hydrogen-bond donors (Lipinski definition) is 1. The first-order valence-corrected chi connectivity index (χ1v) is 9.54. The van der Waals surface area contributed by atoms with Crippen molar-refractivity contribution in [3.63, 3.8) is 0 Å². The smallest absolute Gasteiger partial charge is 0.234 e. The van der Waals surface area contributed by atoms with Gasteiger partial charge >= 0.3 is 0 Å². The van der Waals surface area contributed by atoms with Crippen LogP contribution in [0.15, 0.2) is 53.6 Å². The zero-order chi connectivity index (χ0) is 18.5. The van der Waals surface area contributed by atoms with Gasteiger partial charge in [0, 0.05) is 17.1 Å². The molecule has 1 aromatic heterocycles. The second-order valence-electron chi connectivity index (χ2n) is 6.07. The Morgan fingerprint density at radius 3 is 2.81 bits per heavy atom. The zero-order valence-electron chi connectivity index (χ0n) is 15.2. The van der Waals surface area contributed by atoms with E-state index in [1.807, 2.05) is 18.2 Å². The molecule has 0 fully saturated rings. The van der Waals surface area contributed by atoms with Crippen LogP contribution in [0.4, 0.5) is 5.69 Å². The van der Waals surface area contributed by atoms with E-state index in [1.54, 1.807) is 13.2 Å². The van der Waals surface area contributed by atoms with E-state index in [9.17, 15) is 4.79 Å². The van der Waals surface area contributed by atoms with Crippen molar-refractivity contribution in [1.29, 1.82) is 0 Å². The van der Waals surface area contributed by atoms with E-state index in [2.05, 4.69) is 43.4 Å². The van der Waals surface area contributed by atoms with E-state index in [-0.39, 0.29) is 5.91 Å². The summed E-state index contributed by atoms with van der Waals surface area (Å²) in [4.78, 5) is 17.1. The first-order chi connectivity index (χ1) is 12.6. The van der Waals surface area contributed by atoms with E-state index in [1.165, 1.54) is 22.9 Å². The minimum Gasteiger partial charge on any atom is -0.497 e. The molecule has 0 unspecified atom stereocenters. The van der Waals surface area contributed by atoms with E-state index in [0.717, 1.165) is 33.8 Å². The molecule has 0 saturated heterocycles. The molecule has 2 aromatic carbocycles. The van der Waals surface area contributed by atoms with Gasteiger partial charge in [0.15, 0.2) is 0 Å². The number of nitrogens with zero attached hydrogens (tertiary/aromatic N) is 1. The fourth-order valence-electron chi connectivity index (χ4n) is 2.71. The number of aromatic nitrogens is 1. The number of rotatable bonds is 6. The number of aryl methyl sites for hydroxylation is 2. The van der Waals surface area contributed by atoms with Crippen molar-refractivity contribution in [2.75, 3.05) is 18.2 Å². The van der Waals surface area contributed by atoms with Crippen molar-refractivity contribution in [3.05, 3.63) is 59.7 Å². The molecule has 134 valence electrons. The van der Waals surface area contributed by atoms with Crippen molar-refractivity contribution in [2.24, 2.45) is 0 Å². The molecule has 4 nitrogen and oxygen atoms in total. The van der Waals surface area contributed by atoms with Crippen molar-refractivity contribution < 1.29 is 9.53 Å². The number of thioether (sulfide) groups is 1. The SMILES string of the molecule is CCc1cc2ccc(C)cc2nc1SCC(=O)Nc1cccc(OC)c1. The first-order valence-electron chi connectivity index (χ1n) is 8.56. The molecule has 3 rings (SSSR count). The van der Waals surface area contributed by atoms with E-state index < -0.39 is 0 Å². The van der Waals surface area contributed by atoms with Gasteiger partial charge < -0.3 is 10.1 Å². The maximum atomic E-state index is 12.3. The molecular formula is C21H22N2O2S. The Bertz CT molecular complexity index is 940. The summed E-state index contributed by atoms with van der Waals surface area (Å²) < 4.78 is 5.18. The highest BCUT2D eigenvalue weighted by atomic mass is 32.2. The summed E-state index contributed by atoms with van der Waals surface area (Å²) in [6.07, 6.45) is 0.886. The maximum absolute atomic E-state index is 12.3. The molecule has 0 saturated carbocycles. The number of carbonyl (C=O) groups is 1. The third kappa shape index (κ3) is 4.35. The van der Waals surface area contributed by atoms with Crippen molar-refractivity contribution in [2.45, 2.75) is 25.3 Å². The molecular weight excluding hydrogens is 344 g/mol. The molecule has 1 N–H and O–H groups in total. The topological polar surface area (TPSA) is 51.2 Å². The average Bonchev–Trinajstić information content (AvgIpc) is 2.65. The first kappa shape index (κ1) is 18.3. The van der Waals surface area contributed by atoms with Gasteiger partial charge in [-0.05, 0) is 48.7 Å². The van der Waals surface area contributed by atoms with Crippen LogP contribution in [0.25, 0.3) is 10.9 Å². The van der Waals surface area contributed by atoms with Gasteiger partial charge in [-0.25, -0.2) is 4.98 Å². The fraction of sp³-hybridized carbons (Fsp3) is 0.238. The second kappa shape index (κ2) is 8.23. The molecule has 1 amide bonds. The summed E-state index contributed by atoms with van der Waals surface area (Å²) >= 11 is 1.48. The second-order valence-corrected chi connectivity index (χ2v) is 7.04. The van der Waals surface area contributed by atoms with Crippen LogP contribution in [0.2, 0.25) is 0 Å². The van der Waals surface area contributed by atoms with Crippen LogP contribution in [0.1, 0.15) is 18.1 Å². The lowest BCUT2D eigenvalue weighted by Crippen LogP contribution is -2.14. The Balaban J connectivity index is 1.72. The normalized spacial score (nSPS) is 10.7. The minimum atomic E-state index is -0.0588. The molecule has 0 atom stereocenters. The molecule has 0 radical (unpaired) electrons. The molecule has 0 aliphatic heterocycles. The fourth-order valence-corrected chi connectivity index (χ4v) is 3.60. The largest absolute Gasteiger partial charge is 0.497 e. The van der Waals surface area contributed by atoms with Crippen LogP contribution in [0, 0.1) is 6.92 Å². The van der Waals surface area contributed by atoms with Crippen molar-refractivity contribution in [3.8, 4) is 5.75 Å². The van der Waals surface area contributed by atoms with Gasteiger partial charge in [0.2, 0.25) is 5.91 Å². The predicted molar refractivity (Wildman–Crippen MR) is 108 cm³/mol. The highest BCUT2D eigenvalue weighted by Crippen LogP contribution is 2.26. The van der Waals surface area contributed by atoms with Gasteiger partial charge in [-0.15, -0.1) is 0 Å². The third-order valence-corrected chi connectivity index (χ3v) is 5.12. The van der Waals surface area contributed by atoms with Gasteiger partial charge in [-0.1, -0.05) is 36.9 Å². The number of methoxy groups -OCH3 is 1. The summed E-state index contributed by atoms with van der Waals surface area (Å²) in [7, 11) is 1.61. The Labute approximate surface area is 158 Å². The highest BCUT2D eigenvalue weighted by molar-refractivity contribution is 8.00. The van der Waals surface area contributed by atoms with Gasteiger partial charge in [0.25, 0.3) is 0 Å². The maximum Gasteiger partial charge on any atom is 0.234 e. The molecule has 1 heterocycles. The van der Waals surface area contributed by atoms with Crippen LogP contribution in [0.3, 0.4) is 0 Å². The minimum absolute atomic E-state index is 0.0588. The van der Waals surface area contributed by atoms with Crippen LogP contribution in [-0.2, 0) is 11.2 Å². The Morgan fingerprint density at radius 1 is 1.19 bits per heavy atom. The van der Waals surface area contributed by atoms with Gasteiger partial charge in [-0.3, -0.25) is 4.79 Å². The average molecular weight is 366 g/mol. The number of fused-ring (bicyclic) bond motifs is 1.